The van der Waals surface area contributed by atoms with E-state index in [0.29, 0.717) is 33.5 Å². The van der Waals surface area contributed by atoms with Gasteiger partial charge in [0, 0.05) is 10.9 Å². The molecule has 1 heterocycles. The van der Waals surface area contributed by atoms with Gasteiger partial charge in [-0.25, -0.2) is 0 Å². The lowest BCUT2D eigenvalue weighted by Gasteiger charge is -2.18. The number of fused-ring (bicyclic) bond motifs is 1. The van der Waals surface area contributed by atoms with Crippen molar-refractivity contribution in [2.24, 2.45) is 11.7 Å². The highest BCUT2D eigenvalue weighted by Gasteiger charge is 2.28. The van der Waals surface area contributed by atoms with E-state index >= 15 is 0 Å². The molecule has 7 heteroatoms. The van der Waals surface area contributed by atoms with Crippen molar-refractivity contribution in [2.75, 3.05) is 19.5 Å². The lowest BCUT2D eigenvalue weighted by atomic mass is 9.87. The van der Waals surface area contributed by atoms with E-state index in [1.807, 2.05) is 0 Å². The number of anilines is 1. The molecule has 138 valence electrons. The number of hydrogen-bond acceptors (Lipinski definition) is 5. The fraction of sp³-hybridized carbons (Fsp3) is 0.368. The Balaban J connectivity index is 1.94. The van der Waals surface area contributed by atoms with Crippen LogP contribution in [0, 0.1) is 5.92 Å². The lowest BCUT2D eigenvalue weighted by Crippen LogP contribution is -2.20. The molecule has 0 fully saturated rings. The first-order valence-electron chi connectivity index (χ1n) is 8.42. The van der Waals surface area contributed by atoms with Gasteiger partial charge in [-0.1, -0.05) is 6.92 Å². The molecule has 1 aromatic carbocycles. The third kappa shape index (κ3) is 3.39. The quantitative estimate of drug-likeness (QED) is 0.840. The van der Waals surface area contributed by atoms with Gasteiger partial charge < -0.3 is 20.5 Å². The summed E-state index contributed by atoms with van der Waals surface area (Å²) < 4.78 is 10.4. The SMILES string of the molecule is COc1ccc(C(=O)Nc2sc3c(c2C(N)=O)CC(C)CC3)c(OC)c1. The number of carbonyl (C=O) groups excluding carboxylic acids is 2. The number of aryl methyl sites for hydroxylation is 1. The van der Waals surface area contributed by atoms with Crippen LogP contribution in [0.1, 0.15) is 44.5 Å². The second-order valence-corrected chi connectivity index (χ2v) is 7.55. The van der Waals surface area contributed by atoms with Crippen LogP contribution in [0.15, 0.2) is 18.2 Å². The number of carbonyl (C=O) groups is 2. The van der Waals surface area contributed by atoms with Gasteiger partial charge in [-0.05, 0) is 42.9 Å². The summed E-state index contributed by atoms with van der Waals surface area (Å²) in [6.45, 7) is 2.16. The number of primary amides is 1. The second-order valence-electron chi connectivity index (χ2n) is 6.44. The molecule has 0 spiro atoms. The van der Waals surface area contributed by atoms with Crippen LogP contribution in [0.3, 0.4) is 0 Å². The van der Waals surface area contributed by atoms with E-state index in [0.717, 1.165) is 29.7 Å². The topological polar surface area (TPSA) is 90.6 Å². The Labute approximate surface area is 156 Å². The van der Waals surface area contributed by atoms with Gasteiger partial charge in [0.15, 0.2) is 0 Å². The number of nitrogens with one attached hydrogen (secondary N) is 1. The normalized spacial score (nSPS) is 15.9. The molecule has 1 aliphatic carbocycles. The minimum Gasteiger partial charge on any atom is -0.497 e. The number of benzene rings is 1. The van der Waals surface area contributed by atoms with Crippen molar-refractivity contribution in [2.45, 2.75) is 26.2 Å². The van der Waals surface area contributed by atoms with Crippen molar-refractivity contribution in [1.82, 2.24) is 0 Å². The summed E-state index contributed by atoms with van der Waals surface area (Å²) in [6.07, 6.45) is 2.79. The molecule has 1 aromatic heterocycles. The molecular weight excluding hydrogens is 352 g/mol. The predicted octanol–water partition coefficient (Wildman–Crippen LogP) is 3.24. The van der Waals surface area contributed by atoms with Gasteiger partial charge in [0.25, 0.3) is 11.8 Å². The fourth-order valence-electron chi connectivity index (χ4n) is 3.26. The molecule has 2 aromatic rings. The largest absolute Gasteiger partial charge is 0.497 e. The first-order chi connectivity index (χ1) is 12.4. The summed E-state index contributed by atoms with van der Waals surface area (Å²) >= 11 is 1.44. The highest BCUT2D eigenvalue weighted by Crippen LogP contribution is 2.40. The molecule has 2 amide bonds. The molecule has 1 unspecified atom stereocenters. The minimum absolute atomic E-state index is 0.348. The highest BCUT2D eigenvalue weighted by molar-refractivity contribution is 7.17. The van der Waals surface area contributed by atoms with Crippen LogP contribution >= 0.6 is 11.3 Å². The number of hydrogen-bond donors (Lipinski definition) is 2. The summed E-state index contributed by atoms with van der Waals surface area (Å²) in [5, 5.41) is 3.36. The smallest absolute Gasteiger partial charge is 0.260 e. The van der Waals surface area contributed by atoms with Gasteiger partial charge in [0.1, 0.15) is 16.5 Å². The minimum atomic E-state index is -0.506. The molecule has 26 heavy (non-hydrogen) atoms. The summed E-state index contributed by atoms with van der Waals surface area (Å²) in [6, 6.07) is 4.96. The molecular formula is C19H22N2O4S. The van der Waals surface area contributed by atoms with Crippen LogP contribution in [0.4, 0.5) is 5.00 Å². The van der Waals surface area contributed by atoms with Gasteiger partial charge in [-0.3, -0.25) is 9.59 Å². The number of nitrogens with two attached hydrogens (primary N) is 1. The first-order valence-corrected chi connectivity index (χ1v) is 9.24. The van der Waals surface area contributed by atoms with Crippen molar-refractivity contribution in [3.8, 4) is 11.5 Å². The standard InChI is InChI=1S/C19H22N2O4S/c1-10-4-7-15-13(8-10)16(17(20)22)19(26-15)21-18(23)12-6-5-11(24-2)9-14(12)25-3/h5-6,9-10H,4,7-8H2,1-3H3,(H2,20,22)(H,21,23). The molecule has 3 rings (SSSR count). The van der Waals surface area contributed by atoms with Crippen LogP contribution in [-0.2, 0) is 12.8 Å². The zero-order chi connectivity index (χ0) is 18.8. The number of ether oxygens (including phenoxy) is 2. The summed E-state index contributed by atoms with van der Waals surface area (Å²) in [4.78, 5) is 25.9. The Bertz CT molecular complexity index is 859. The van der Waals surface area contributed by atoms with Gasteiger partial charge in [0.05, 0.1) is 25.3 Å². The van der Waals surface area contributed by atoms with Crippen LogP contribution in [0.25, 0.3) is 0 Å². The Morgan fingerprint density at radius 2 is 2.04 bits per heavy atom. The Hall–Kier alpha value is -2.54. The maximum Gasteiger partial charge on any atom is 0.260 e. The molecule has 1 aliphatic rings. The zero-order valence-corrected chi connectivity index (χ0v) is 15.9. The maximum atomic E-state index is 12.8. The monoisotopic (exact) mass is 374 g/mol. The van der Waals surface area contributed by atoms with Gasteiger partial charge >= 0.3 is 0 Å². The summed E-state index contributed by atoms with van der Waals surface area (Å²) in [7, 11) is 3.04. The maximum absolute atomic E-state index is 12.8. The Morgan fingerprint density at radius 3 is 2.69 bits per heavy atom. The lowest BCUT2D eigenvalue weighted by molar-refractivity contribution is 0.1000. The van der Waals surface area contributed by atoms with Crippen LogP contribution in [0.5, 0.6) is 11.5 Å². The number of methoxy groups -OCH3 is 2. The van der Waals surface area contributed by atoms with Gasteiger partial charge in [-0.15, -0.1) is 11.3 Å². The van der Waals surface area contributed by atoms with Crippen molar-refractivity contribution in [3.05, 3.63) is 39.8 Å². The number of thiophene rings is 1. The van der Waals surface area contributed by atoms with Crippen molar-refractivity contribution in [1.29, 1.82) is 0 Å². The van der Waals surface area contributed by atoms with Crippen molar-refractivity contribution < 1.29 is 19.1 Å². The molecule has 0 saturated heterocycles. The number of rotatable bonds is 5. The predicted molar refractivity (Wildman–Crippen MR) is 102 cm³/mol. The van der Waals surface area contributed by atoms with E-state index in [2.05, 4.69) is 12.2 Å². The zero-order valence-electron chi connectivity index (χ0n) is 15.0. The van der Waals surface area contributed by atoms with Crippen molar-refractivity contribution in [3.63, 3.8) is 0 Å². The van der Waals surface area contributed by atoms with Gasteiger partial charge in [-0.2, -0.15) is 0 Å². The van der Waals surface area contributed by atoms with Crippen molar-refractivity contribution >= 4 is 28.2 Å². The molecule has 0 aliphatic heterocycles. The first kappa shape index (κ1) is 18.3. The van der Waals surface area contributed by atoms with E-state index in [4.69, 9.17) is 15.2 Å². The van der Waals surface area contributed by atoms with E-state index in [-0.39, 0.29) is 5.91 Å². The highest BCUT2D eigenvalue weighted by atomic mass is 32.1. The summed E-state index contributed by atoms with van der Waals surface area (Å²) in [5.74, 6) is 0.641. The molecule has 0 radical (unpaired) electrons. The van der Waals surface area contributed by atoms with Crippen LogP contribution in [-0.4, -0.2) is 26.0 Å². The second kappa shape index (κ2) is 7.37. The Morgan fingerprint density at radius 1 is 1.27 bits per heavy atom. The van der Waals surface area contributed by atoms with E-state index < -0.39 is 5.91 Å². The van der Waals surface area contributed by atoms with E-state index in [1.54, 1.807) is 25.3 Å². The molecule has 1 atom stereocenters. The van der Waals surface area contributed by atoms with Crippen LogP contribution in [0.2, 0.25) is 0 Å². The summed E-state index contributed by atoms with van der Waals surface area (Å²) in [5.41, 5.74) is 7.40. The van der Waals surface area contributed by atoms with E-state index in [9.17, 15) is 9.59 Å². The fourth-order valence-corrected chi connectivity index (χ4v) is 4.51. The average molecular weight is 374 g/mol. The van der Waals surface area contributed by atoms with Gasteiger partial charge in [0.2, 0.25) is 0 Å². The van der Waals surface area contributed by atoms with E-state index in [1.165, 1.54) is 18.4 Å². The third-order valence-corrected chi connectivity index (χ3v) is 5.84. The molecule has 0 saturated carbocycles. The molecule has 0 bridgehead atoms. The molecule has 6 nitrogen and oxygen atoms in total. The Kier molecular flexibility index (Phi) is 5.18. The molecule has 3 N–H and O–H groups in total. The average Bonchev–Trinajstić information content (AvgIpc) is 2.97. The third-order valence-electron chi connectivity index (χ3n) is 4.63. The van der Waals surface area contributed by atoms with Crippen LogP contribution < -0.4 is 20.5 Å². The number of amides is 2.